The number of rotatable bonds is 4. The van der Waals surface area contributed by atoms with Gasteiger partial charge in [-0.05, 0) is 0 Å². The SMILES string of the molecule is COP(=O)(OC)OC1CS[SH]=N1. The average molecular weight is 231 g/mol. The maximum Gasteiger partial charge on any atom is 0.476 e. The zero-order chi connectivity index (χ0) is 9.03. The standard InChI is InChI=1S/C4H10NO4PS2/c1-7-10(6,8-2)9-4-3-11-12-5-4/h4,12H,3H2,1-2H3. The summed E-state index contributed by atoms with van der Waals surface area (Å²) in [4.78, 5) is 0. The average Bonchev–Trinajstić information content (AvgIpc) is 2.57. The summed E-state index contributed by atoms with van der Waals surface area (Å²) in [6.45, 7) is 0. The Morgan fingerprint density at radius 1 is 1.58 bits per heavy atom. The molecule has 8 heteroatoms. The predicted octanol–water partition coefficient (Wildman–Crippen LogP) is 1.39. The molecule has 0 fully saturated rings. The molecule has 0 aromatic rings. The molecule has 12 heavy (non-hydrogen) atoms. The maximum absolute atomic E-state index is 11.4. The zero-order valence-corrected chi connectivity index (χ0v) is 9.27. The van der Waals surface area contributed by atoms with Crippen LogP contribution in [0.3, 0.4) is 0 Å². The van der Waals surface area contributed by atoms with Gasteiger partial charge in [0, 0.05) is 14.2 Å². The van der Waals surface area contributed by atoms with Crippen LogP contribution in [0.1, 0.15) is 0 Å². The van der Waals surface area contributed by atoms with Crippen LogP contribution in [0.2, 0.25) is 0 Å². The Kier molecular flexibility index (Phi) is 4.22. The van der Waals surface area contributed by atoms with Gasteiger partial charge in [0.15, 0.2) is 6.23 Å². The van der Waals surface area contributed by atoms with Crippen molar-refractivity contribution < 1.29 is 18.1 Å². The van der Waals surface area contributed by atoms with Gasteiger partial charge in [0.1, 0.15) is 0 Å². The van der Waals surface area contributed by atoms with E-state index >= 15 is 0 Å². The van der Waals surface area contributed by atoms with Gasteiger partial charge >= 0.3 is 7.82 Å². The molecule has 1 atom stereocenters. The minimum Gasteiger partial charge on any atom is -0.290 e. The van der Waals surface area contributed by atoms with Gasteiger partial charge in [0.05, 0.1) is 5.75 Å². The first kappa shape index (κ1) is 10.7. The van der Waals surface area contributed by atoms with Crippen LogP contribution in [0.25, 0.3) is 0 Å². The number of phosphoric ester groups is 1. The van der Waals surface area contributed by atoms with E-state index < -0.39 is 7.82 Å². The second kappa shape index (κ2) is 4.74. The van der Waals surface area contributed by atoms with Crippen LogP contribution in [0.4, 0.5) is 0 Å². The summed E-state index contributed by atoms with van der Waals surface area (Å²) in [6, 6.07) is 0. The van der Waals surface area contributed by atoms with E-state index in [0.717, 1.165) is 10.6 Å². The Morgan fingerprint density at radius 3 is 2.67 bits per heavy atom. The number of phosphoric acid groups is 1. The van der Waals surface area contributed by atoms with E-state index in [1.54, 1.807) is 10.8 Å². The van der Waals surface area contributed by atoms with Gasteiger partial charge in [-0.25, -0.2) is 8.93 Å². The lowest BCUT2D eigenvalue weighted by Gasteiger charge is -2.15. The molecule has 5 nitrogen and oxygen atoms in total. The van der Waals surface area contributed by atoms with E-state index in [1.807, 2.05) is 0 Å². The van der Waals surface area contributed by atoms with Crippen molar-refractivity contribution in [2.24, 2.45) is 4.36 Å². The second-order valence-corrected chi connectivity index (χ2v) is 5.95. The highest BCUT2D eigenvalue weighted by Gasteiger charge is 2.28. The van der Waals surface area contributed by atoms with E-state index in [9.17, 15) is 4.57 Å². The van der Waals surface area contributed by atoms with Crippen LogP contribution < -0.4 is 0 Å². The third-order valence-corrected chi connectivity index (χ3v) is 4.52. The zero-order valence-electron chi connectivity index (χ0n) is 6.67. The molecule has 0 aromatic carbocycles. The molecule has 0 saturated carbocycles. The molecule has 0 N–H and O–H groups in total. The fraction of sp³-hybridized carbons (Fsp3) is 1.00. The normalized spacial score (nSPS) is 24.0. The topological polar surface area (TPSA) is 57.1 Å². The first-order valence-corrected chi connectivity index (χ1v) is 7.02. The van der Waals surface area contributed by atoms with E-state index in [2.05, 4.69) is 13.4 Å². The lowest BCUT2D eigenvalue weighted by Crippen LogP contribution is -2.09. The van der Waals surface area contributed by atoms with Gasteiger partial charge in [-0.1, -0.05) is 21.4 Å². The molecule has 0 saturated heterocycles. The molecule has 1 unspecified atom stereocenters. The quantitative estimate of drug-likeness (QED) is 0.450. The van der Waals surface area contributed by atoms with Crippen molar-refractivity contribution in [2.45, 2.75) is 6.23 Å². The molecule has 72 valence electrons. The molecule has 0 aliphatic carbocycles. The second-order valence-electron chi connectivity index (χ2n) is 1.87. The van der Waals surface area contributed by atoms with E-state index in [-0.39, 0.29) is 6.23 Å². The summed E-state index contributed by atoms with van der Waals surface area (Å²) in [6.07, 6.45) is -0.373. The van der Waals surface area contributed by atoms with Crippen molar-refractivity contribution in [2.75, 3.05) is 20.0 Å². The van der Waals surface area contributed by atoms with Gasteiger partial charge < -0.3 is 0 Å². The van der Waals surface area contributed by atoms with Gasteiger partial charge in [0.2, 0.25) is 0 Å². The van der Waals surface area contributed by atoms with Crippen LogP contribution in [-0.2, 0) is 28.7 Å². The molecule has 1 aliphatic rings. The van der Waals surface area contributed by atoms with Gasteiger partial charge in [-0.2, -0.15) is 0 Å². The monoisotopic (exact) mass is 231 g/mol. The lowest BCUT2D eigenvalue weighted by atomic mass is 10.7. The Morgan fingerprint density at radius 2 is 2.25 bits per heavy atom. The van der Waals surface area contributed by atoms with Crippen LogP contribution in [0.15, 0.2) is 4.36 Å². The van der Waals surface area contributed by atoms with Gasteiger partial charge in [0.25, 0.3) is 0 Å². The van der Waals surface area contributed by atoms with Crippen molar-refractivity contribution >= 4 is 29.2 Å². The highest BCUT2D eigenvalue weighted by Crippen LogP contribution is 2.49. The van der Waals surface area contributed by atoms with Crippen molar-refractivity contribution in [1.82, 2.24) is 0 Å². The van der Waals surface area contributed by atoms with E-state index in [0.29, 0.717) is 5.75 Å². The van der Waals surface area contributed by atoms with Crippen LogP contribution in [-0.4, -0.2) is 26.2 Å². The smallest absolute Gasteiger partial charge is 0.290 e. The molecule has 1 heterocycles. The fourth-order valence-electron chi connectivity index (χ4n) is 0.577. The van der Waals surface area contributed by atoms with Crippen molar-refractivity contribution in [3.05, 3.63) is 0 Å². The van der Waals surface area contributed by atoms with E-state index in [1.165, 1.54) is 14.2 Å². The number of hydrogen-bond acceptors (Lipinski definition) is 6. The van der Waals surface area contributed by atoms with Crippen LogP contribution in [0.5, 0.6) is 0 Å². The molecule has 0 spiro atoms. The molecular weight excluding hydrogens is 221 g/mol. The van der Waals surface area contributed by atoms with Crippen molar-refractivity contribution in [3.63, 3.8) is 0 Å². The van der Waals surface area contributed by atoms with E-state index in [4.69, 9.17) is 4.52 Å². The van der Waals surface area contributed by atoms with Gasteiger partial charge in [-0.3, -0.25) is 13.6 Å². The molecule has 1 rings (SSSR count). The summed E-state index contributed by atoms with van der Waals surface area (Å²) in [5.74, 6) is 0.693. The van der Waals surface area contributed by atoms with Crippen molar-refractivity contribution in [3.8, 4) is 0 Å². The summed E-state index contributed by atoms with van der Waals surface area (Å²) >= 11 is 0. The third kappa shape index (κ3) is 2.83. The highest BCUT2D eigenvalue weighted by molar-refractivity contribution is 8.62. The largest absolute Gasteiger partial charge is 0.476 e. The number of hydrogen-bond donors (Lipinski definition) is 1. The summed E-state index contributed by atoms with van der Waals surface area (Å²) in [7, 11) is 1.71. The minimum atomic E-state index is -3.34. The lowest BCUT2D eigenvalue weighted by molar-refractivity contribution is 0.122. The first-order chi connectivity index (χ1) is 5.70. The Labute approximate surface area is 78.3 Å². The molecule has 0 amide bonds. The summed E-state index contributed by atoms with van der Waals surface area (Å²) < 4.78 is 29.6. The molecular formula is C4H10NO4PS2. The predicted molar refractivity (Wildman–Crippen MR) is 50.1 cm³/mol. The fourth-order valence-corrected chi connectivity index (χ4v) is 3.34. The van der Waals surface area contributed by atoms with Crippen LogP contribution >= 0.6 is 18.6 Å². The number of thiol groups is 1. The Hall–Kier alpha value is 0.610. The third-order valence-electron chi connectivity index (χ3n) is 1.15. The molecule has 0 aromatic heterocycles. The maximum atomic E-state index is 11.4. The summed E-state index contributed by atoms with van der Waals surface area (Å²) in [5, 5.41) is 0. The highest BCUT2D eigenvalue weighted by atomic mass is 33.1. The Balaban J connectivity index is 2.47. The van der Waals surface area contributed by atoms with Gasteiger partial charge in [-0.15, -0.1) is 0 Å². The van der Waals surface area contributed by atoms with Crippen LogP contribution in [0, 0.1) is 0 Å². The molecule has 1 aliphatic heterocycles. The van der Waals surface area contributed by atoms with Crippen molar-refractivity contribution in [1.29, 1.82) is 0 Å². The summed E-state index contributed by atoms with van der Waals surface area (Å²) in [5.41, 5.74) is 0. The molecule has 0 radical (unpaired) electrons. The molecule has 0 bridgehead atoms. The Bertz CT molecular complexity index is 215. The first-order valence-electron chi connectivity index (χ1n) is 3.12. The minimum absolute atomic E-state index is 0.373. The number of nitrogens with zero attached hydrogens (tertiary/aromatic N) is 1.